The van der Waals surface area contributed by atoms with E-state index >= 15 is 0 Å². The molecule has 0 radical (unpaired) electrons. The van der Waals surface area contributed by atoms with Crippen molar-refractivity contribution in [3.05, 3.63) is 68.4 Å². The summed E-state index contributed by atoms with van der Waals surface area (Å²) < 4.78 is 0.838. The predicted molar refractivity (Wildman–Crippen MR) is 80.4 cm³/mol. The molecule has 6 heteroatoms. The molecule has 0 spiro atoms. The van der Waals surface area contributed by atoms with Crippen LogP contribution >= 0.6 is 15.9 Å². The summed E-state index contributed by atoms with van der Waals surface area (Å²) in [6.07, 6.45) is 2.55. The van der Waals surface area contributed by atoms with Crippen LogP contribution in [0.15, 0.2) is 47.1 Å². The number of hydrogen-bond acceptors (Lipinski definition) is 4. The maximum atomic E-state index is 10.9. The van der Waals surface area contributed by atoms with Gasteiger partial charge < -0.3 is 5.32 Å². The summed E-state index contributed by atoms with van der Waals surface area (Å²) in [5.74, 6) is 0. The molecule has 0 atom stereocenters. The second-order valence-electron chi connectivity index (χ2n) is 4.28. The van der Waals surface area contributed by atoms with Crippen LogP contribution in [0.3, 0.4) is 0 Å². The van der Waals surface area contributed by atoms with Gasteiger partial charge in [0.1, 0.15) is 0 Å². The highest BCUT2D eigenvalue weighted by Gasteiger charge is 2.12. The van der Waals surface area contributed by atoms with Gasteiger partial charge in [0, 0.05) is 47.5 Å². The van der Waals surface area contributed by atoms with Gasteiger partial charge in [0.25, 0.3) is 5.69 Å². The average molecular weight is 336 g/mol. The van der Waals surface area contributed by atoms with Gasteiger partial charge in [0.05, 0.1) is 4.92 Å². The largest absolute Gasteiger partial charge is 0.312 e. The van der Waals surface area contributed by atoms with Crippen molar-refractivity contribution in [1.29, 1.82) is 0 Å². The van der Waals surface area contributed by atoms with Crippen LogP contribution in [0.25, 0.3) is 0 Å². The Hall–Kier alpha value is -1.79. The van der Waals surface area contributed by atoms with Crippen molar-refractivity contribution in [3.63, 3.8) is 0 Å². The topological polar surface area (TPSA) is 68.1 Å². The Morgan fingerprint density at radius 1 is 1.30 bits per heavy atom. The summed E-state index contributed by atoms with van der Waals surface area (Å²) in [6, 6.07) is 10.7. The molecule has 104 valence electrons. The van der Waals surface area contributed by atoms with Gasteiger partial charge in [0.15, 0.2) is 0 Å². The second kappa shape index (κ2) is 7.12. The third-order valence-electron chi connectivity index (χ3n) is 2.84. The van der Waals surface area contributed by atoms with Gasteiger partial charge in [-0.25, -0.2) is 0 Å². The number of pyridine rings is 1. The molecule has 20 heavy (non-hydrogen) atoms. The molecular formula is C14H14BrN3O2. The maximum Gasteiger partial charge on any atom is 0.273 e. The standard InChI is InChI=1S/C14H14BrN3O2/c15-12-4-5-14(18(19)20)11(9-12)10-16-8-6-13-3-1-2-7-17-13/h1-5,7,9,16H,6,8,10H2. The number of nitro groups is 1. The molecule has 1 aromatic carbocycles. The first-order valence-electron chi connectivity index (χ1n) is 6.20. The molecule has 2 rings (SSSR count). The Morgan fingerprint density at radius 2 is 2.15 bits per heavy atom. The molecule has 1 aromatic heterocycles. The van der Waals surface area contributed by atoms with Crippen molar-refractivity contribution in [2.75, 3.05) is 6.54 Å². The maximum absolute atomic E-state index is 10.9. The van der Waals surface area contributed by atoms with E-state index in [4.69, 9.17) is 0 Å². The number of nitrogens with zero attached hydrogens (tertiary/aromatic N) is 2. The van der Waals surface area contributed by atoms with Crippen molar-refractivity contribution in [3.8, 4) is 0 Å². The minimum absolute atomic E-state index is 0.138. The van der Waals surface area contributed by atoms with Gasteiger partial charge in [-0.2, -0.15) is 0 Å². The lowest BCUT2D eigenvalue weighted by Crippen LogP contribution is -2.17. The summed E-state index contributed by atoms with van der Waals surface area (Å²) in [6.45, 7) is 1.18. The van der Waals surface area contributed by atoms with Crippen LogP contribution in [-0.4, -0.2) is 16.5 Å². The number of aromatic nitrogens is 1. The Kier molecular flexibility index (Phi) is 5.20. The number of halogens is 1. The third kappa shape index (κ3) is 4.11. The Balaban J connectivity index is 1.91. The number of nitro benzene ring substituents is 1. The lowest BCUT2D eigenvalue weighted by molar-refractivity contribution is -0.385. The molecule has 0 fully saturated rings. The van der Waals surface area contributed by atoms with Crippen molar-refractivity contribution < 1.29 is 4.92 Å². The summed E-state index contributed by atoms with van der Waals surface area (Å²) in [5, 5.41) is 14.1. The molecular weight excluding hydrogens is 322 g/mol. The van der Waals surface area contributed by atoms with Crippen LogP contribution in [0.5, 0.6) is 0 Å². The quantitative estimate of drug-likeness (QED) is 0.500. The first-order chi connectivity index (χ1) is 9.66. The molecule has 5 nitrogen and oxygen atoms in total. The molecule has 0 saturated heterocycles. The molecule has 1 N–H and O–H groups in total. The van der Waals surface area contributed by atoms with E-state index in [2.05, 4.69) is 26.2 Å². The fourth-order valence-electron chi connectivity index (χ4n) is 1.86. The number of benzene rings is 1. The Bertz CT molecular complexity index is 590. The van der Waals surface area contributed by atoms with E-state index in [-0.39, 0.29) is 10.6 Å². The predicted octanol–water partition coefficient (Wildman–Crippen LogP) is 3.08. The third-order valence-corrected chi connectivity index (χ3v) is 3.33. The molecule has 0 unspecified atom stereocenters. The molecule has 0 aliphatic rings. The average Bonchev–Trinajstić information content (AvgIpc) is 2.44. The van der Waals surface area contributed by atoms with E-state index in [0.717, 1.165) is 23.1 Å². The first kappa shape index (κ1) is 14.6. The number of rotatable bonds is 6. The van der Waals surface area contributed by atoms with Crippen LogP contribution in [-0.2, 0) is 13.0 Å². The van der Waals surface area contributed by atoms with Gasteiger partial charge in [-0.15, -0.1) is 0 Å². The van der Waals surface area contributed by atoms with E-state index in [0.29, 0.717) is 12.1 Å². The van der Waals surface area contributed by atoms with Gasteiger partial charge in [-0.3, -0.25) is 15.1 Å². The molecule has 0 aliphatic carbocycles. The van der Waals surface area contributed by atoms with Crippen LogP contribution in [0.4, 0.5) is 5.69 Å². The summed E-state index contributed by atoms with van der Waals surface area (Å²) in [5.41, 5.74) is 1.81. The summed E-state index contributed by atoms with van der Waals surface area (Å²) in [7, 11) is 0. The van der Waals surface area contributed by atoms with E-state index < -0.39 is 0 Å². The normalized spacial score (nSPS) is 10.4. The lowest BCUT2D eigenvalue weighted by Gasteiger charge is -2.06. The van der Waals surface area contributed by atoms with Gasteiger partial charge >= 0.3 is 0 Å². The zero-order valence-corrected chi connectivity index (χ0v) is 12.3. The highest BCUT2D eigenvalue weighted by atomic mass is 79.9. The van der Waals surface area contributed by atoms with Gasteiger partial charge in [0.2, 0.25) is 0 Å². The van der Waals surface area contributed by atoms with E-state index in [1.165, 1.54) is 6.07 Å². The molecule has 0 saturated carbocycles. The molecule has 0 aliphatic heterocycles. The highest BCUT2D eigenvalue weighted by Crippen LogP contribution is 2.22. The first-order valence-corrected chi connectivity index (χ1v) is 6.99. The van der Waals surface area contributed by atoms with E-state index in [1.54, 1.807) is 18.3 Å². The monoisotopic (exact) mass is 335 g/mol. The Morgan fingerprint density at radius 3 is 2.85 bits per heavy atom. The molecule has 0 amide bonds. The summed E-state index contributed by atoms with van der Waals surface area (Å²) >= 11 is 3.33. The fourth-order valence-corrected chi connectivity index (χ4v) is 2.27. The van der Waals surface area contributed by atoms with Crippen molar-refractivity contribution in [1.82, 2.24) is 10.3 Å². The number of nitrogens with one attached hydrogen (secondary N) is 1. The fraction of sp³-hybridized carbons (Fsp3) is 0.214. The number of hydrogen-bond donors (Lipinski definition) is 1. The van der Waals surface area contributed by atoms with Crippen LogP contribution < -0.4 is 5.32 Å². The zero-order valence-electron chi connectivity index (χ0n) is 10.8. The van der Waals surface area contributed by atoms with Gasteiger partial charge in [-0.1, -0.05) is 22.0 Å². The van der Waals surface area contributed by atoms with Crippen molar-refractivity contribution >= 4 is 21.6 Å². The minimum atomic E-state index is -0.359. The van der Waals surface area contributed by atoms with Crippen molar-refractivity contribution in [2.24, 2.45) is 0 Å². The van der Waals surface area contributed by atoms with Crippen molar-refractivity contribution in [2.45, 2.75) is 13.0 Å². The molecule has 2 aromatic rings. The molecule has 0 bridgehead atoms. The molecule has 1 heterocycles. The highest BCUT2D eigenvalue weighted by molar-refractivity contribution is 9.10. The SMILES string of the molecule is O=[N+]([O-])c1ccc(Br)cc1CNCCc1ccccn1. The smallest absolute Gasteiger partial charge is 0.273 e. The van der Waals surface area contributed by atoms with Crippen LogP contribution in [0.1, 0.15) is 11.3 Å². The second-order valence-corrected chi connectivity index (χ2v) is 5.19. The van der Waals surface area contributed by atoms with Crippen LogP contribution in [0, 0.1) is 10.1 Å². The summed E-state index contributed by atoms with van der Waals surface area (Å²) in [4.78, 5) is 14.8. The zero-order chi connectivity index (χ0) is 14.4. The lowest BCUT2D eigenvalue weighted by atomic mass is 10.2. The van der Waals surface area contributed by atoms with E-state index in [1.807, 2.05) is 18.2 Å². The van der Waals surface area contributed by atoms with E-state index in [9.17, 15) is 10.1 Å². The van der Waals surface area contributed by atoms with Gasteiger partial charge in [-0.05, 0) is 24.3 Å². The Labute approximate surface area is 125 Å². The minimum Gasteiger partial charge on any atom is -0.312 e. The van der Waals surface area contributed by atoms with Crippen LogP contribution in [0.2, 0.25) is 0 Å².